The second kappa shape index (κ2) is 9.95. The molecule has 0 aromatic rings. The maximum Gasteiger partial charge on any atom is 0.118 e. The van der Waals surface area contributed by atoms with Crippen molar-refractivity contribution in [2.45, 2.75) is 78.8 Å². The molecule has 0 saturated heterocycles. The van der Waals surface area contributed by atoms with Crippen molar-refractivity contribution in [1.82, 2.24) is 10.6 Å². The number of nitrogens with one attached hydrogen (secondary N) is 2. The zero-order valence-electron chi connectivity index (χ0n) is 16.4. The van der Waals surface area contributed by atoms with Gasteiger partial charge in [0.1, 0.15) is 35.6 Å². The van der Waals surface area contributed by atoms with Gasteiger partial charge in [-0.2, -0.15) is 0 Å². The van der Waals surface area contributed by atoms with E-state index >= 15 is 0 Å². The molecule has 0 bridgehead atoms. The van der Waals surface area contributed by atoms with Crippen molar-refractivity contribution in [2.75, 3.05) is 26.4 Å². The molecular weight excluding hydrogens is 408 g/mol. The van der Waals surface area contributed by atoms with E-state index in [1.807, 2.05) is 0 Å². The summed E-state index contributed by atoms with van der Waals surface area (Å²) in [6.07, 6.45) is -10.7. The summed E-state index contributed by atoms with van der Waals surface area (Å²) in [5, 5.41) is 114. The van der Waals surface area contributed by atoms with Crippen LogP contribution in [0.3, 0.4) is 0 Å². The summed E-state index contributed by atoms with van der Waals surface area (Å²) in [4.78, 5) is 0. The third-order valence-electron chi connectivity index (χ3n) is 6.26. The lowest BCUT2D eigenvalue weighted by molar-refractivity contribution is -0.208. The lowest BCUT2D eigenvalue weighted by Gasteiger charge is -2.47. The Balaban J connectivity index is 2.02. The van der Waals surface area contributed by atoms with Crippen LogP contribution in [-0.2, 0) is 0 Å². The number of rotatable bonds is 8. The quantitative estimate of drug-likeness (QED) is 0.167. The highest BCUT2D eigenvalue weighted by molar-refractivity contribution is 5.06. The van der Waals surface area contributed by atoms with Crippen LogP contribution >= 0.6 is 0 Å². The second-order valence-corrected chi connectivity index (χ2v) is 8.45. The first-order valence-electron chi connectivity index (χ1n) is 9.79. The van der Waals surface area contributed by atoms with E-state index in [9.17, 15) is 56.2 Å². The first-order valence-corrected chi connectivity index (χ1v) is 9.79. The highest BCUT2D eigenvalue weighted by atomic mass is 16.4. The van der Waals surface area contributed by atoms with Crippen molar-refractivity contribution in [3.63, 3.8) is 0 Å². The Labute approximate surface area is 172 Å². The average Bonchev–Trinajstić information content (AvgIpc) is 2.74. The molecule has 0 amide bonds. The van der Waals surface area contributed by atoms with Crippen LogP contribution in [0.2, 0.25) is 0 Å². The predicted molar refractivity (Wildman–Crippen MR) is 98.9 cm³/mol. The first-order chi connectivity index (χ1) is 13.9. The van der Waals surface area contributed by atoms with E-state index in [0.29, 0.717) is 0 Å². The van der Waals surface area contributed by atoms with Gasteiger partial charge < -0.3 is 66.8 Å². The monoisotopic (exact) mass is 442 g/mol. The Morgan fingerprint density at radius 1 is 0.700 bits per heavy atom. The van der Waals surface area contributed by atoms with Gasteiger partial charge >= 0.3 is 0 Å². The molecule has 178 valence electrons. The van der Waals surface area contributed by atoms with Gasteiger partial charge in [-0.1, -0.05) is 0 Å². The Bertz CT molecular complexity index is 560. The molecule has 13 N–H and O–H groups in total. The van der Waals surface area contributed by atoms with Crippen LogP contribution in [0, 0.1) is 0 Å². The van der Waals surface area contributed by atoms with Gasteiger partial charge in [0.2, 0.25) is 0 Å². The van der Waals surface area contributed by atoms with Gasteiger partial charge in [0.25, 0.3) is 0 Å². The Morgan fingerprint density at radius 3 is 1.57 bits per heavy atom. The highest BCUT2D eigenvalue weighted by Crippen LogP contribution is 2.31. The van der Waals surface area contributed by atoms with Crippen molar-refractivity contribution >= 4 is 0 Å². The minimum Gasteiger partial charge on any atom is -0.395 e. The maximum absolute atomic E-state index is 10.3. The van der Waals surface area contributed by atoms with E-state index in [2.05, 4.69) is 10.6 Å². The Morgan fingerprint density at radius 2 is 1.13 bits per heavy atom. The molecule has 2 aliphatic rings. The predicted octanol–water partition coefficient (Wildman–Crippen LogP) is -7.32. The molecule has 0 aromatic carbocycles. The molecule has 0 radical (unpaired) electrons. The normalized spacial score (nSPS) is 48.5. The van der Waals surface area contributed by atoms with Crippen LogP contribution in [0.15, 0.2) is 0 Å². The van der Waals surface area contributed by atoms with Crippen molar-refractivity contribution in [3.8, 4) is 0 Å². The van der Waals surface area contributed by atoms with E-state index in [1.165, 1.54) is 0 Å². The fourth-order valence-electron chi connectivity index (χ4n) is 4.17. The standard InChI is InChI=1S/C17H34N2O11/c20-4-7(19-9-2-17(30,6-22)15(28)13(26)11(9)24)3-18-8-1-16(29,5-21)14(27)12(25)10(8)23/h7-15,18-30H,1-6H2/t7-,8?,9?,10?,11?,12?,13?,14?,15?,16?,17?/m1/s1. The number of aliphatic hydroxyl groups excluding tert-OH is 9. The summed E-state index contributed by atoms with van der Waals surface area (Å²) < 4.78 is 0. The van der Waals surface area contributed by atoms with Crippen LogP contribution < -0.4 is 10.6 Å². The van der Waals surface area contributed by atoms with Gasteiger partial charge in [0.15, 0.2) is 0 Å². The summed E-state index contributed by atoms with van der Waals surface area (Å²) in [5.41, 5.74) is -4.11. The highest BCUT2D eigenvalue weighted by Gasteiger charge is 2.52. The van der Waals surface area contributed by atoms with Gasteiger partial charge in [-0.3, -0.25) is 0 Å². The van der Waals surface area contributed by atoms with Crippen molar-refractivity contribution in [1.29, 1.82) is 0 Å². The molecular formula is C17H34N2O11. The average molecular weight is 442 g/mol. The van der Waals surface area contributed by atoms with Crippen molar-refractivity contribution in [3.05, 3.63) is 0 Å². The smallest absolute Gasteiger partial charge is 0.118 e. The molecule has 13 heteroatoms. The Hall–Kier alpha value is -0.520. The summed E-state index contributed by atoms with van der Waals surface area (Å²) in [6, 6.07) is -2.79. The number of aliphatic hydroxyl groups is 11. The molecule has 0 spiro atoms. The van der Waals surface area contributed by atoms with E-state index in [-0.39, 0.29) is 19.4 Å². The number of hydrogen-bond donors (Lipinski definition) is 13. The van der Waals surface area contributed by atoms with Crippen LogP contribution in [0.4, 0.5) is 0 Å². The summed E-state index contributed by atoms with van der Waals surface area (Å²) in [6.45, 7) is -2.30. The largest absolute Gasteiger partial charge is 0.395 e. The molecule has 2 fully saturated rings. The lowest BCUT2D eigenvalue weighted by Crippen LogP contribution is -2.69. The fraction of sp³-hybridized carbons (Fsp3) is 1.00. The zero-order chi connectivity index (χ0) is 22.9. The molecule has 2 rings (SSSR count). The molecule has 10 unspecified atom stereocenters. The minimum atomic E-state index is -2.07. The fourth-order valence-corrected chi connectivity index (χ4v) is 4.17. The number of hydrogen-bond acceptors (Lipinski definition) is 13. The van der Waals surface area contributed by atoms with Gasteiger partial charge in [0, 0.05) is 24.7 Å². The topological polar surface area (TPSA) is 247 Å². The van der Waals surface area contributed by atoms with Crippen LogP contribution in [-0.4, -0.2) is 148 Å². The van der Waals surface area contributed by atoms with Crippen LogP contribution in [0.5, 0.6) is 0 Å². The summed E-state index contributed by atoms with van der Waals surface area (Å²) in [7, 11) is 0. The molecule has 0 heterocycles. The molecule has 13 nitrogen and oxygen atoms in total. The zero-order valence-corrected chi connectivity index (χ0v) is 16.4. The van der Waals surface area contributed by atoms with E-state index < -0.39 is 85.8 Å². The molecule has 2 aliphatic carbocycles. The molecule has 30 heavy (non-hydrogen) atoms. The van der Waals surface area contributed by atoms with Crippen LogP contribution in [0.1, 0.15) is 12.8 Å². The van der Waals surface area contributed by atoms with E-state index in [1.54, 1.807) is 0 Å². The lowest BCUT2D eigenvalue weighted by atomic mass is 9.76. The van der Waals surface area contributed by atoms with Gasteiger partial charge in [0.05, 0.1) is 32.0 Å². The van der Waals surface area contributed by atoms with Gasteiger partial charge in [-0.15, -0.1) is 0 Å². The van der Waals surface area contributed by atoms with E-state index in [4.69, 9.17) is 0 Å². The van der Waals surface area contributed by atoms with Crippen molar-refractivity contribution < 1.29 is 56.2 Å². The third-order valence-corrected chi connectivity index (χ3v) is 6.26. The van der Waals surface area contributed by atoms with Crippen LogP contribution in [0.25, 0.3) is 0 Å². The van der Waals surface area contributed by atoms with Gasteiger partial charge in [-0.25, -0.2) is 0 Å². The summed E-state index contributed by atoms with van der Waals surface area (Å²) in [5.74, 6) is 0. The third kappa shape index (κ3) is 4.94. The molecule has 11 atom stereocenters. The van der Waals surface area contributed by atoms with E-state index in [0.717, 1.165) is 0 Å². The minimum absolute atomic E-state index is 0.0814. The molecule has 0 aromatic heterocycles. The maximum atomic E-state index is 10.3. The summed E-state index contributed by atoms with van der Waals surface area (Å²) >= 11 is 0. The van der Waals surface area contributed by atoms with Crippen molar-refractivity contribution in [2.24, 2.45) is 0 Å². The SMILES string of the molecule is OC[C@@H](CNC1CC(O)(CO)C(O)C(O)C1O)NC1CC(O)(CO)C(O)C(O)C1O. The van der Waals surface area contributed by atoms with Gasteiger partial charge in [-0.05, 0) is 12.8 Å². The molecule has 0 aliphatic heterocycles. The second-order valence-electron chi connectivity index (χ2n) is 8.45. The molecule has 2 saturated carbocycles. The first kappa shape index (κ1) is 25.7. The Kier molecular flexibility index (Phi) is 8.54.